The maximum absolute atomic E-state index is 11.5. The SMILES string of the molecule is NC(=O)c1ccc(NC/C=C/CNc2c(N)cc(C(N)=O)cc2CCC(=O)O)c(N)c1. The zero-order valence-electron chi connectivity index (χ0n) is 16.9. The van der Waals surface area contributed by atoms with E-state index in [0.29, 0.717) is 47.0 Å². The Kier molecular flexibility index (Phi) is 7.84. The van der Waals surface area contributed by atoms with Crippen LogP contribution in [0.4, 0.5) is 22.7 Å². The van der Waals surface area contributed by atoms with Gasteiger partial charge in [0.15, 0.2) is 0 Å². The molecule has 0 saturated carbocycles. The highest BCUT2D eigenvalue weighted by Gasteiger charge is 2.12. The van der Waals surface area contributed by atoms with E-state index in [1.165, 1.54) is 12.1 Å². The molecule has 0 atom stereocenters. The van der Waals surface area contributed by atoms with E-state index in [1.54, 1.807) is 18.2 Å². The van der Waals surface area contributed by atoms with E-state index in [0.717, 1.165) is 0 Å². The van der Waals surface area contributed by atoms with Crippen molar-refractivity contribution in [3.8, 4) is 0 Å². The molecule has 2 aromatic rings. The first-order valence-corrected chi connectivity index (χ1v) is 9.45. The van der Waals surface area contributed by atoms with Crippen molar-refractivity contribution >= 4 is 40.5 Å². The number of nitrogens with two attached hydrogens (primary N) is 4. The number of aliphatic carboxylic acids is 1. The van der Waals surface area contributed by atoms with Gasteiger partial charge in [0.1, 0.15) is 0 Å². The van der Waals surface area contributed by atoms with Gasteiger partial charge in [-0.05, 0) is 42.3 Å². The number of benzene rings is 2. The smallest absolute Gasteiger partial charge is 0.303 e. The summed E-state index contributed by atoms with van der Waals surface area (Å²) in [5, 5.41) is 15.2. The lowest BCUT2D eigenvalue weighted by Crippen LogP contribution is -2.14. The number of carboxylic acid groups (broad SMARTS) is 1. The minimum atomic E-state index is -0.955. The zero-order chi connectivity index (χ0) is 23.0. The van der Waals surface area contributed by atoms with E-state index < -0.39 is 17.8 Å². The van der Waals surface area contributed by atoms with Crippen LogP contribution < -0.4 is 33.6 Å². The Hall–Kier alpha value is -4.21. The van der Waals surface area contributed by atoms with Crippen LogP contribution in [0, 0.1) is 0 Å². The Balaban J connectivity index is 1.98. The van der Waals surface area contributed by atoms with Gasteiger partial charge in [-0.1, -0.05) is 12.2 Å². The molecule has 0 bridgehead atoms. The molecule has 31 heavy (non-hydrogen) atoms. The lowest BCUT2D eigenvalue weighted by atomic mass is 10.0. The summed E-state index contributed by atoms with van der Waals surface area (Å²) in [6, 6.07) is 7.78. The van der Waals surface area contributed by atoms with Crippen molar-refractivity contribution in [1.82, 2.24) is 0 Å². The number of aryl methyl sites for hydroxylation is 1. The number of primary amides is 2. The van der Waals surface area contributed by atoms with Crippen LogP contribution in [0.2, 0.25) is 0 Å². The van der Waals surface area contributed by atoms with Gasteiger partial charge >= 0.3 is 5.97 Å². The minimum Gasteiger partial charge on any atom is -0.481 e. The topological polar surface area (TPSA) is 200 Å². The van der Waals surface area contributed by atoms with E-state index in [9.17, 15) is 14.4 Å². The van der Waals surface area contributed by atoms with Crippen LogP contribution in [-0.4, -0.2) is 36.0 Å². The summed E-state index contributed by atoms with van der Waals surface area (Å²) in [5.41, 5.74) is 25.6. The fraction of sp³-hybridized carbons (Fsp3) is 0.190. The van der Waals surface area contributed by atoms with Gasteiger partial charge in [0.2, 0.25) is 11.8 Å². The highest BCUT2D eigenvalue weighted by Crippen LogP contribution is 2.27. The summed E-state index contributed by atoms with van der Waals surface area (Å²) in [4.78, 5) is 33.5. The third-order valence-electron chi connectivity index (χ3n) is 4.45. The second-order valence-electron chi connectivity index (χ2n) is 6.76. The van der Waals surface area contributed by atoms with Crippen molar-refractivity contribution < 1.29 is 19.5 Å². The molecule has 2 aromatic carbocycles. The van der Waals surface area contributed by atoms with Crippen LogP contribution in [0.3, 0.4) is 0 Å². The van der Waals surface area contributed by atoms with E-state index in [4.69, 9.17) is 28.0 Å². The molecule has 0 unspecified atom stereocenters. The Morgan fingerprint density at radius 1 is 0.871 bits per heavy atom. The molecule has 0 heterocycles. The zero-order valence-corrected chi connectivity index (χ0v) is 16.9. The van der Waals surface area contributed by atoms with Gasteiger partial charge in [0.25, 0.3) is 0 Å². The fourth-order valence-corrected chi connectivity index (χ4v) is 2.90. The number of carbonyl (C=O) groups is 3. The third-order valence-corrected chi connectivity index (χ3v) is 4.45. The number of carboxylic acids is 1. The number of nitrogen functional groups attached to an aromatic ring is 2. The molecular formula is C21H26N6O4. The average Bonchev–Trinajstić information content (AvgIpc) is 2.70. The Morgan fingerprint density at radius 2 is 1.48 bits per heavy atom. The number of rotatable bonds is 11. The predicted octanol–water partition coefficient (Wildman–Crippen LogP) is 1.15. The monoisotopic (exact) mass is 426 g/mol. The molecule has 0 fully saturated rings. The van der Waals surface area contributed by atoms with Gasteiger partial charge < -0.3 is 38.7 Å². The van der Waals surface area contributed by atoms with Gasteiger partial charge in [-0.2, -0.15) is 0 Å². The molecule has 10 nitrogen and oxygen atoms in total. The van der Waals surface area contributed by atoms with Crippen molar-refractivity contribution in [2.75, 3.05) is 35.2 Å². The van der Waals surface area contributed by atoms with Crippen LogP contribution in [0.25, 0.3) is 0 Å². The number of amides is 2. The Bertz CT molecular complexity index is 1020. The lowest BCUT2D eigenvalue weighted by Gasteiger charge is -2.15. The van der Waals surface area contributed by atoms with E-state index in [-0.39, 0.29) is 18.4 Å². The molecule has 11 N–H and O–H groups in total. The quantitative estimate of drug-likeness (QED) is 0.205. The number of hydrogen-bond acceptors (Lipinski definition) is 7. The standard InChI is InChI=1S/C21H26N6O4/c22-15-10-13(20(24)30)3-5-17(15)26-7-1-2-8-27-19-12(4-6-18(28)29)9-14(21(25)31)11-16(19)23/h1-3,5,9-11,26-27H,4,6-8,22-23H2,(H2,24,30)(H2,25,31)(H,28,29)/b2-1+. The molecule has 10 heteroatoms. The van der Waals surface area contributed by atoms with Crippen LogP contribution >= 0.6 is 0 Å². The van der Waals surface area contributed by atoms with Crippen LogP contribution in [0.1, 0.15) is 32.7 Å². The first kappa shape index (κ1) is 23.1. The molecule has 0 aromatic heterocycles. The Morgan fingerprint density at radius 3 is 2.06 bits per heavy atom. The maximum Gasteiger partial charge on any atom is 0.303 e. The van der Waals surface area contributed by atoms with Crippen molar-refractivity contribution in [2.24, 2.45) is 11.5 Å². The summed E-state index contributed by atoms with van der Waals surface area (Å²) >= 11 is 0. The summed E-state index contributed by atoms with van der Waals surface area (Å²) < 4.78 is 0. The fourth-order valence-electron chi connectivity index (χ4n) is 2.90. The molecule has 2 rings (SSSR count). The lowest BCUT2D eigenvalue weighted by molar-refractivity contribution is -0.136. The number of anilines is 4. The number of hydrogen-bond donors (Lipinski definition) is 7. The normalized spacial score (nSPS) is 10.7. The maximum atomic E-state index is 11.5. The molecule has 0 radical (unpaired) electrons. The van der Waals surface area contributed by atoms with Crippen molar-refractivity contribution in [1.29, 1.82) is 0 Å². The largest absolute Gasteiger partial charge is 0.481 e. The first-order valence-electron chi connectivity index (χ1n) is 9.45. The summed E-state index contributed by atoms with van der Waals surface area (Å²) in [6.07, 6.45) is 3.81. The predicted molar refractivity (Wildman–Crippen MR) is 121 cm³/mol. The van der Waals surface area contributed by atoms with E-state index >= 15 is 0 Å². The van der Waals surface area contributed by atoms with Crippen LogP contribution in [-0.2, 0) is 11.2 Å². The minimum absolute atomic E-state index is 0.105. The van der Waals surface area contributed by atoms with Crippen molar-refractivity contribution in [3.05, 3.63) is 59.2 Å². The molecule has 164 valence electrons. The summed E-state index contributed by atoms with van der Waals surface area (Å²) in [6.45, 7) is 0.891. The van der Waals surface area contributed by atoms with Crippen molar-refractivity contribution in [2.45, 2.75) is 12.8 Å². The van der Waals surface area contributed by atoms with E-state index in [2.05, 4.69) is 10.6 Å². The first-order chi connectivity index (χ1) is 14.7. The molecule has 2 amide bonds. The number of nitrogens with one attached hydrogen (secondary N) is 2. The second-order valence-corrected chi connectivity index (χ2v) is 6.76. The summed E-state index contributed by atoms with van der Waals surface area (Å²) in [7, 11) is 0. The molecular weight excluding hydrogens is 400 g/mol. The highest BCUT2D eigenvalue weighted by molar-refractivity contribution is 5.96. The third kappa shape index (κ3) is 6.67. The second kappa shape index (κ2) is 10.5. The van der Waals surface area contributed by atoms with Gasteiger partial charge in [0, 0.05) is 30.6 Å². The number of carbonyl (C=O) groups excluding carboxylic acids is 2. The Labute approximate surface area is 179 Å². The van der Waals surface area contributed by atoms with Crippen LogP contribution in [0.15, 0.2) is 42.5 Å². The molecule has 0 aliphatic rings. The van der Waals surface area contributed by atoms with Gasteiger partial charge in [-0.25, -0.2) is 0 Å². The molecule has 0 aliphatic carbocycles. The molecule has 0 aliphatic heterocycles. The highest BCUT2D eigenvalue weighted by atomic mass is 16.4. The molecule has 0 spiro atoms. The molecule has 0 saturated heterocycles. The van der Waals surface area contributed by atoms with Gasteiger partial charge in [-0.15, -0.1) is 0 Å². The van der Waals surface area contributed by atoms with Crippen molar-refractivity contribution in [3.63, 3.8) is 0 Å². The average molecular weight is 426 g/mol. The van der Waals surface area contributed by atoms with E-state index in [1.807, 2.05) is 12.2 Å². The van der Waals surface area contributed by atoms with Gasteiger partial charge in [-0.3, -0.25) is 14.4 Å². The van der Waals surface area contributed by atoms with Crippen LogP contribution in [0.5, 0.6) is 0 Å². The summed E-state index contributed by atoms with van der Waals surface area (Å²) in [5.74, 6) is -2.14. The van der Waals surface area contributed by atoms with Gasteiger partial charge in [0.05, 0.1) is 22.7 Å².